The lowest BCUT2D eigenvalue weighted by atomic mass is 9.97. The molecule has 0 saturated heterocycles. The van der Waals surface area contributed by atoms with Crippen molar-refractivity contribution in [3.8, 4) is 5.75 Å². The fourth-order valence-electron chi connectivity index (χ4n) is 1.29. The van der Waals surface area contributed by atoms with E-state index in [4.69, 9.17) is 4.74 Å². The molecule has 1 rings (SSSR count). The maximum absolute atomic E-state index is 11.6. The van der Waals surface area contributed by atoms with E-state index in [2.05, 4.69) is 10.6 Å². The Kier molecular flexibility index (Phi) is 4.92. The van der Waals surface area contributed by atoms with Gasteiger partial charge in [-0.25, -0.2) is 0 Å². The summed E-state index contributed by atoms with van der Waals surface area (Å²) in [6.45, 7) is 6.39. The maximum Gasteiger partial charge on any atom is 0.313 e. The van der Waals surface area contributed by atoms with E-state index in [9.17, 15) is 9.59 Å². The molecule has 19 heavy (non-hydrogen) atoms. The molecule has 2 amide bonds. The molecule has 0 aromatic heterocycles. The van der Waals surface area contributed by atoms with E-state index in [1.165, 1.54) is 0 Å². The second-order valence-corrected chi connectivity index (χ2v) is 5.43. The van der Waals surface area contributed by atoms with Crippen LogP contribution < -0.4 is 15.4 Å². The highest BCUT2D eigenvalue weighted by molar-refractivity contribution is 6.39. The molecular weight excluding hydrogens is 244 g/mol. The van der Waals surface area contributed by atoms with Crippen molar-refractivity contribution < 1.29 is 14.3 Å². The van der Waals surface area contributed by atoms with Crippen molar-refractivity contribution in [2.45, 2.75) is 20.8 Å². The van der Waals surface area contributed by atoms with Crippen LogP contribution in [0.15, 0.2) is 24.3 Å². The standard InChI is InChI=1S/C14H20N2O3/c1-14(2,3)9-15-12(17)13(18)16-10-5-7-11(19-4)8-6-10/h5-8H,9H2,1-4H3,(H,15,17)(H,16,18). The number of hydrogen-bond acceptors (Lipinski definition) is 3. The van der Waals surface area contributed by atoms with Gasteiger partial charge in [0.15, 0.2) is 0 Å². The third kappa shape index (κ3) is 5.42. The molecule has 0 heterocycles. The van der Waals surface area contributed by atoms with Gasteiger partial charge in [-0.1, -0.05) is 20.8 Å². The van der Waals surface area contributed by atoms with Gasteiger partial charge in [-0.15, -0.1) is 0 Å². The highest BCUT2D eigenvalue weighted by Gasteiger charge is 2.17. The van der Waals surface area contributed by atoms with Crippen molar-refractivity contribution in [2.24, 2.45) is 5.41 Å². The molecule has 0 aliphatic carbocycles. The van der Waals surface area contributed by atoms with E-state index >= 15 is 0 Å². The Bertz CT molecular complexity index is 447. The van der Waals surface area contributed by atoms with Crippen molar-refractivity contribution in [3.05, 3.63) is 24.3 Å². The van der Waals surface area contributed by atoms with Crippen LogP contribution in [0.1, 0.15) is 20.8 Å². The zero-order chi connectivity index (χ0) is 14.5. The van der Waals surface area contributed by atoms with Gasteiger partial charge in [0.2, 0.25) is 0 Å². The number of rotatable bonds is 3. The van der Waals surface area contributed by atoms with Crippen LogP contribution in [0.2, 0.25) is 0 Å². The van der Waals surface area contributed by atoms with Crippen LogP contribution >= 0.6 is 0 Å². The quantitative estimate of drug-likeness (QED) is 0.818. The average molecular weight is 264 g/mol. The normalized spacial score (nSPS) is 10.7. The lowest BCUT2D eigenvalue weighted by molar-refractivity contribution is -0.136. The lowest BCUT2D eigenvalue weighted by Crippen LogP contribution is -2.39. The summed E-state index contributed by atoms with van der Waals surface area (Å²) >= 11 is 0. The van der Waals surface area contributed by atoms with E-state index < -0.39 is 11.8 Å². The molecule has 0 aliphatic heterocycles. The van der Waals surface area contributed by atoms with Gasteiger partial charge >= 0.3 is 11.8 Å². The largest absolute Gasteiger partial charge is 0.497 e. The van der Waals surface area contributed by atoms with Gasteiger partial charge in [0, 0.05) is 12.2 Å². The van der Waals surface area contributed by atoms with Crippen LogP contribution in [-0.4, -0.2) is 25.5 Å². The minimum Gasteiger partial charge on any atom is -0.497 e. The van der Waals surface area contributed by atoms with Gasteiger partial charge in [0.25, 0.3) is 0 Å². The first kappa shape index (κ1) is 15.0. The fraction of sp³-hybridized carbons (Fsp3) is 0.429. The lowest BCUT2D eigenvalue weighted by Gasteiger charge is -2.18. The number of nitrogens with one attached hydrogen (secondary N) is 2. The number of hydrogen-bond donors (Lipinski definition) is 2. The highest BCUT2D eigenvalue weighted by atomic mass is 16.5. The summed E-state index contributed by atoms with van der Waals surface area (Å²) in [5, 5.41) is 5.11. The van der Waals surface area contributed by atoms with Gasteiger partial charge in [0.05, 0.1) is 7.11 Å². The second kappa shape index (κ2) is 6.22. The predicted molar refractivity (Wildman–Crippen MR) is 74.1 cm³/mol. The number of carbonyl (C=O) groups is 2. The first-order valence-corrected chi connectivity index (χ1v) is 6.05. The van der Waals surface area contributed by atoms with Gasteiger partial charge in [-0.3, -0.25) is 9.59 Å². The van der Waals surface area contributed by atoms with E-state index in [0.717, 1.165) is 0 Å². The number of methoxy groups -OCH3 is 1. The number of ether oxygens (including phenoxy) is 1. The Balaban J connectivity index is 2.51. The van der Waals surface area contributed by atoms with Crippen LogP contribution in [0.3, 0.4) is 0 Å². The van der Waals surface area contributed by atoms with Gasteiger partial charge < -0.3 is 15.4 Å². The van der Waals surface area contributed by atoms with E-state index in [0.29, 0.717) is 18.0 Å². The number of amides is 2. The summed E-state index contributed by atoms with van der Waals surface area (Å²) < 4.78 is 5.01. The Hall–Kier alpha value is -2.04. The van der Waals surface area contributed by atoms with Crippen molar-refractivity contribution in [3.63, 3.8) is 0 Å². The maximum atomic E-state index is 11.6. The molecule has 5 nitrogen and oxygen atoms in total. The Morgan fingerprint density at radius 2 is 1.68 bits per heavy atom. The first-order chi connectivity index (χ1) is 8.81. The topological polar surface area (TPSA) is 67.4 Å². The predicted octanol–water partition coefficient (Wildman–Crippen LogP) is 1.80. The summed E-state index contributed by atoms with van der Waals surface area (Å²) in [7, 11) is 1.56. The summed E-state index contributed by atoms with van der Waals surface area (Å²) in [6, 6.07) is 6.77. The number of carbonyl (C=O) groups excluding carboxylic acids is 2. The van der Waals surface area contributed by atoms with Crippen molar-refractivity contribution in [1.29, 1.82) is 0 Å². The Morgan fingerprint density at radius 1 is 1.11 bits per heavy atom. The minimum absolute atomic E-state index is 0.0595. The molecule has 0 spiro atoms. The molecule has 0 fully saturated rings. The summed E-state index contributed by atoms with van der Waals surface area (Å²) in [5.74, 6) is -0.615. The zero-order valence-corrected chi connectivity index (χ0v) is 11.7. The Morgan fingerprint density at radius 3 is 2.16 bits per heavy atom. The third-order valence-electron chi connectivity index (χ3n) is 2.33. The first-order valence-electron chi connectivity index (χ1n) is 6.05. The van der Waals surface area contributed by atoms with Gasteiger partial charge in [0.1, 0.15) is 5.75 Å². The molecule has 0 atom stereocenters. The van der Waals surface area contributed by atoms with E-state index in [-0.39, 0.29) is 5.41 Å². The number of benzene rings is 1. The summed E-state index contributed by atoms with van der Waals surface area (Å²) in [4.78, 5) is 23.2. The molecule has 1 aromatic rings. The highest BCUT2D eigenvalue weighted by Crippen LogP contribution is 2.15. The molecular formula is C14H20N2O3. The molecule has 104 valence electrons. The molecule has 0 radical (unpaired) electrons. The van der Waals surface area contributed by atoms with Crippen molar-refractivity contribution in [1.82, 2.24) is 5.32 Å². The van der Waals surface area contributed by atoms with E-state index in [1.54, 1.807) is 31.4 Å². The minimum atomic E-state index is -0.672. The van der Waals surface area contributed by atoms with Crippen LogP contribution in [-0.2, 0) is 9.59 Å². The SMILES string of the molecule is COc1ccc(NC(=O)C(=O)NCC(C)(C)C)cc1. The monoisotopic (exact) mass is 264 g/mol. The fourth-order valence-corrected chi connectivity index (χ4v) is 1.29. The van der Waals surface area contributed by atoms with Crippen LogP contribution in [0.25, 0.3) is 0 Å². The second-order valence-electron chi connectivity index (χ2n) is 5.43. The van der Waals surface area contributed by atoms with Gasteiger partial charge in [-0.2, -0.15) is 0 Å². The van der Waals surface area contributed by atoms with Gasteiger partial charge in [-0.05, 0) is 29.7 Å². The molecule has 0 saturated carbocycles. The van der Waals surface area contributed by atoms with Crippen LogP contribution in [0.5, 0.6) is 5.75 Å². The van der Waals surface area contributed by atoms with Crippen molar-refractivity contribution in [2.75, 3.05) is 19.0 Å². The molecule has 1 aromatic carbocycles. The van der Waals surface area contributed by atoms with Crippen LogP contribution in [0, 0.1) is 5.41 Å². The zero-order valence-electron chi connectivity index (χ0n) is 11.7. The smallest absolute Gasteiger partial charge is 0.313 e. The van der Waals surface area contributed by atoms with E-state index in [1.807, 2.05) is 20.8 Å². The molecule has 0 unspecified atom stereocenters. The summed E-state index contributed by atoms with van der Waals surface area (Å²) in [5.41, 5.74) is 0.493. The molecule has 2 N–H and O–H groups in total. The van der Waals surface area contributed by atoms with Crippen molar-refractivity contribution >= 4 is 17.5 Å². The molecule has 0 aliphatic rings. The number of anilines is 1. The Labute approximate surface area is 113 Å². The van der Waals surface area contributed by atoms with Crippen LogP contribution in [0.4, 0.5) is 5.69 Å². The molecule has 5 heteroatoms. The molecule has 0 bridgehead atoms. The summed E-state index contributed by atoms with van der Waals surface area (Å²) in [6.07, 6.45) is 0. The third-order valence-corrected chi connectivity index (χ3v) is 2.33. The average Bonchev–Trinajstić information content (AvgIpc) is 2.36.